The standard InChI is InChI=1S/C24H22N2O7S/c27-13-5-9-17-7-3-4-10-20(17)23(30)25-24(31)21(15-22(28)29)26-34(32,33)19-12-11-16-6-1-2-8-18(16)14-19/h1-4,6-8,10-14,21,26H,5,9,15H2,(H,28,29)(H,25,30,31)/t21-/m0/s1. The molecule has 0 fully saturated rings. The Hall–Kier alpha value is -3.89. The molecule has 0 aliphatic heterocycles. The number of aliphatic carboxylic acids is 1. The summed E-state index contributed by atoms with van der Waals surface area (Å²) in [4.78, 5) is 47.2. The van der Waals surface area contributed by atoms with Crippen molar-refractivity contribution < 1.29 is 32.7 Å². The molecular formula is C24H22N2O7S. The zero-order valence-electron chi connectivity index (χ0n) is 17.9. The van der Waals surface area contributed by atoms with Gasteiger partial charge in [-0.05, 0) is 41.0 Å². The van der Waals surface area contributed by atoms with Crippen molar-refractivity contribution in [2.75, 3.05) is 0 Å². The van der Waals surface area contributed by atoms with Crippen LogP contribution in [0.25, 0.3) is 10.8 Å². The first-order chi connectivity index (χ1) is 16.2. The van der Waals surface area contributed by atoms with Gasteiger partial charge in [0.1, 0.15) is 12.3 Å². The largest absolute Gasteiger partial charge is 0.481 e. The lowest BCUT2D eigenvalue weighted by Crippen LogP contribution is -2.49. The molecule has 2 amide bonds. The van der Waals surface area contributed by atoms with Crippen LogP contribution in [-0.2, 0) is 30.8 Å². The fourth-order valence-corrected chi connectivity index (χ4v) is 4.62. The third-order valence-electron chi connectivity index (χ3n) is 5.05. The molecule has 0 bridgehead atoms. The molecule has 3 aromatic rings. The number of carbonyl (C=O) groups excluding carboxylic acids is 3. The zero-order chi connectivity index (χ0) is 24.7. The summed E-state index contributed by atoms with van der Waals surface area (Å²) in [5.41, 5.74) is 0.649. The lowest BCUT2D eigenvalue weighted by atomic mass is 10.0. The van der Waals surface area contributed by atoms with E-state index < -0.39 is 40.3 Å². The van der Waals surface area contributed by atoms with Crippen LogP contribution in [0.15, 0.2) is 71.6 Å². The number of rotatable bonds is 10. The van der Waals surface area contributed by atoms with E-state index in [1.807, 2.05) is 0 Å². The highest BCUT2D eigenvalue weighted by Crippen LogP contribution is 2.19. The van der Waals surface area contributed by atoms with E-state index in [9.17, 15) is 32.7 Å². The molecule has 0 aliphatic rings. The van der Waals surface area contributed by atoms with Crippen LogP contribution in [0.1, 0.15) is 28.8 Å². The number of nitrogens with one attached hydrogen (secondary N) is 2. The van der Waals surface area contributed by atoms with Gasteiger partial charge in [-0.3, -0.25) is 19.7 Å². The highest BCUT2D eigenvalue weighted by molar-refractivity contribution is 7.89. The number of sulfonamides is 1. The molecule has 0 saturated carbocycles. The monoisotopic (exact) mass is 482 g/mol. The van der Waals surface area contributed by atoms with Gasteiger partial charge in [0.05, 0.1) is 11.3 Å². The summed E-state index contributed by atoms with van der Waals surface area (Å²) in [5, 5.41) is 12.7. The summed E-state index contributed by atoms with van der Waals surface area (Å²) < 4.78 is 27.9. The molecule has 10 heteroatoms. The Labute approximate surface area is 195 Å². The number of aryl methyl sites for hydroxylation is 1. The molecule has 0 aliphatic carbocycles. The minimum absolute atomic E-state index is 0.129. The minimum atomic E-state index is -4.29. The van der Waals surface area contributed by atoms with E-state index in [0.29, 0.717) is 17.2 Å². The first-order valence-corrected chi connectivity index (χ1v) is 11.8. The van der Waals surface area contributed by atoms with E-state index >= 15 is 0 Å². The Bertz CT molecular complexity index is 1350. The summed E-state index contributed by atoms with van der Waals surface area (Å²) in [7, 11) is -4.29. The van der Waals surface area contributed by atoms with Gasteiger partial charge in [-0.2, -0.15) is 4.72 Å². The van der Waals surface area contributed by atoms with Crippen LogP contribution >= 0.6 is 0 Å². The number of imide groups is 1. The maximum absolute atomic E-state index is 12.9. The Morgan fingerprint density at radius 2 is 1.62 bits per heavy atom. The molecular weight excluding hydrogens is 460 g/mol. The second-order valence-corrected chi connectivity index (χ2v) is 9.18. The van der Waals surface area contributed by atoms with Gasteiger partial charge in [-0.1, -0.05) is 48.5 Å². The molecule has 0 unspecified atom stereocenters. The van der Waals surface area contributed by atoms with Crippen molar-refractivity contribution in [2.45, 2.75) is 30.2 Å². The van der Waals surface area contributed by atoms with Crippen molar-refractivity contribution in [1.29, 1.82) is 0 Å². The molecule has 3 N–H and O–H groups in total. The topological polar surface area (TPSA) is 147 Å². The molecule has 176 valence electrons. The summed E-state index contributed by atoms with van der Waals surface area (Å²) in [5.74, 6) is -3.37. The molecule has 0 spiro atoms. The number of aldehydes is 1. The van der Waals surface area contributed by atoms with Gasteiger partial charge in [0.2, 0.25) is 15.9 Å². The first kappa shape index (κ1) is 24.7. The van der Waals surface area contributed by atoms with Crippen LogP contribution in [0.2, 0.25) is 0 Å². The van der Waals surface area contributed by atoms with Crippen LogP contribution in [0.3, 0.4) is 0 Å². The normalized spacial score (nSPS) is 12.1. The average Bonchev–Trinajstić information content (AvgIpc) is 2.81. The van der Waals surface area contributed by atoms with Crippen LogP contribution < -0.4 is 10.0 Å². The van der Waals surface area contributed by atoms with Gasteiger partial charge >= 0.3 is 5.97 Å². The van der Waals surface area contributed by atoms with Gasteiger partial charge < -0.3 is 9.90 Å². The van der Waals surface area contributed by atoms with E-state index in [2.05, 4.69) is 10.0 Å². The van der Waals surface area contributed by atoms with Gasteiger partial charge in [0.25, 0.3) is 5.91 Å². The number of carbonyl (C=O) groups is 4. The Morgan fingerprint density at radius 3 is 2.32 bits per heavy atom. The molecule has 3 rings (SSSR count). The Morgan fingerprint density at radius 1 is 0.941 bits per heavy atom. The smallest absolute Gasteiger partial charge is 0.305 e. The molecule has 0 aromatic heterocycles. The predicted octanol–water partition coefficient (Wildman–Crippen LogP) is 2.05. The SMILES string of the molecule is O=CCCc1ccccc1C(=O)NC(=O)[C@H](CC(=O)O)NS(=O)(=O)c1ccc2ccccc2c1. The second kappa shape index (κ2) is 10.8. The van der Waals surface area contributed by atoms with Crippen LogP contribution in [0.4, 0.5) is 0 Å². The maximum Gasteiger partial charge on any atom is 0.305 e. The van der Waals surface area contributed by atoms with Gasteiger partial charge in [-0.15, -0.1) is 0 Å². The number of fused-ring (bicyclic) bond motifs is 1. The van der Waals surface area contributed by atoms with Crippen molar-refractivity contribution >= 4 is 44.9 Å². The number of carboxylic acid groups (broad SMARTS) is 1. The van der Waals surface area contributed by atoms with Crippen LogP contribution in [-0.4, -0.2) is 43.6 Å². The quantitative estimate of drug-likeness (QED) is 0.375. The van der Waals surface area contributed by atoms with Crippen molar-refractivity contribution in [3.63, 3.8) is 0 Å². The van der Waals surface area contributed by atoms with Crippen molar-refractivity contribution in [1.82, 2.24) is 10.0 Å². The number of hydrogen-bond donors (Lipinski definition) is 3. The number of hydrogen-bond acceptors (Lipinski definition) is 6. The fourth-order valence-electron chi connectivity index (χ4n) is 3.39. The van der Waals surface area contributed by atoms with E-state index in [-0.39, 0.29) is 23.3 Å². The van der Waals surface area contributed by atoms with E-state index in [1.54, 1.807) is 48.5 Å². The lowest BCUT2D eigenvalue weighted by molar-refractivity contribution is -0.139. The molecule has 9 nitrogen and oxygen atoms in total. The van der Waals surface area contributed by atoms with Crippen molar-refractivity contribution in [3.05, 3.63) is 77.9 Å². The third kappa shape index (κ3) is 6.12. The summed E-state index contributed by atoms with van der Waals surface area (Å²) in [6.45, 7) is 0. The lowest BCUT2D eigenvalue weighted by Gasteiger charge is -2.17. The fraction of sp³-hybridized carbons (Fsp3) is 0.167. The summed E-state index contributed by atoms with van der Waals surface area (Å²) in [6, 6.07) is 16.0. The van der Waals surface area contributed by atoms with Crippen molar-refractivity contribution in [2.24, 2.45) is 0 Å². The van der Waals surface area contributed by atoms with E-state index in [1.165, 1.54) is 18.2 Å². The Balaban J connectivity index is 1.82. The summed E-state index contributed by atoms with van der Waals surface area (Å²) >= 11 is 0. The molecule has 3 aromatic carbocycles. The van der Waals surface area contributed by atoms with Crippen molar-refractivity contribution in [3.8, 4) is 0 Å². The zero-order valence-corrected chi connectivity index (χ0v) is 18.7. The minimum Gasteiger partial charge on any atom is -0.481 e. The number of carboxylic acids is 1. The Kier molecular flexibility index (Phi) is 7.87. The van der Waals surface area contributed by atoms with Crippen LogP contribution in [0, 0.1) is 0 Å². The molecule has 0 heterocycles. The molecule has 1 atom stereocenters. The highest BCUT2D eigenvalue weighted by atomic mass is 32.2. The number of amides is 2. The molecule has 0 radical (unpaired) electrons. The molecule has 34 heavy (non-hydrogen) atoms. The highest BCUT2D eigenvalue weighted by Gasteiger charge is 2.29. The first-order valence-electron chi connectivity index (χ1n) is 10.3. The summed E-state index contributed by atoms with van der Waals surface area (Å²) in [6.07, 6.45) is 0.267. The number of benzene rings is 3. The molecule has 0 saturated heterocycles. The second-order valence-electron chi connectivity index (χ2n) is 7.46. The third-order valence-corrected chi connectivity index (χ3v) is 6.52. The van der Waals surface area contributed by atoms with Gasteiger partial charge in [0, 0.05) is 12.0 Å². The average molecular weight is 483 g/mol. The van der Waals surface area contributed by atoms with E-state index in [4.69, 9.17) is 0 Å². The van der Waals surface area contributed by atoms with E-state index in [0.717, 1.165) is 5.39 Å². The van der Waals surface area contributed by atoms with Gasteiger partial charge in [0.15, 0.2) is 0 Å². The van der Waals surface area contributed by atoms with Crippen LogP contribution in [0.5, 0.6) is 0 Å². The maximum atomic E-state index is 12.9. The van der Waals surface area contributed by atoms with Gasteiger partial charge in [-0.25, -0.2) is 8.42 Å². The predicted molar refractivity (Wildman–Crippen MR) is 124 cm³/mol.